The topological polar surface area (TPSA) is 62.6 Å². The maximum Gasteiger partial charge on any atom is 0.270 e. The maximum absolute atomic E-state index is 14.1. The number of hydrogen-bond donors (Lipinski definition) is 0. The van der Waals surface area contributed by atoms with E-state index >= 15 is 0 Å². The van der Waals surface area contributed by atoms with Crippen molar-refractivity contribution in [2.75, 3.05) is 14.2 Å². The summed E-state index contributed by atoms with van der Waals surface area (Å²) in [6.45, 7) is 2.52. The Morgan fingerprint density at radius 2 is 1.45 bits per heavy atom. The van der Waals surface area contributed by atoms with Gasteiger partial charge in [0.1, 0.15) is 29.7 Å². The van der Waals surface area contributed by atoms with Gasteiger partial charge in [-0.3, -0.25) is 4.79 Å². The number of hydrogen-bond acceptors (Lipinski definition) is 5. The average molecular weight is 565 g/mol. The number of benzene rings is 4. The van der Waals surface area contributed by atoms with Crippen LogP contribution in [0.3, 0.4) is 0 Å². The third-order valence-electron chi connectivity index (χ3n) is 7.12. The first-order chi connectivity index (χ1) is 20.4. The molecule has 42 heavy (non-hydrogen) atoms. The normalized spacial score (nSPS) is 10.9. The van der Waals surface area contributed by atoms with Gasteiger partial charge in [0, 0.05) is 22.8 Å². The molecule has 0 aliphatic heterocycles. The molecule has 0 N–H and O–H groups in total. The molecule has 1 heterocycles. The van der Waals surface area contributed by atoms with Gasteiger partial charge in [-0.25, -0.2) is 9.07 Å². The lowest BCUT2D eigenvalue weighted by molar-refractivity contribution is 0.307. The van der Waals surface area contributed by atoms with Gasteiger partial charge in [0.05, 0.1) is 26.5 Å². The van der Waals surface area contributed by atoms with E-state index in [2.05, 4.69) is 0 Å². The van der Waals surface area contributed by atoms with E-state index in [-0.39, 0.29) is 17.9 Å². The minimum atomic E-state index is -0.303. The standard InChI is InChI=1S/C35H33FN2O4/c1-24-34(31-14-7-8-15-33(31)42-23-26-10-5-4-6-11-26)32(17-16-25-12-9-13-28(36)18-25)35(39)38(37-24)22-27-19-29(40-2)21-30(20-27)41-3/h4-15,18-21H,16-17,22-23H2,1-3H3. The summed E-state index contributed by atoms with van der Waals surface area (Å²) in [5.74, 6) is 1.61. The van der Waals surface area contributed by atoms with Gasteiger partial charge < -0.3 is 14.2 Å². The van der Waals surface area contributed by atoms with E-state index in [1.54, 1.807) is 26.4 Å². The summed E-state index contributed by atoms with van der Waals surface area (Å²) in [6, 6.07) is 29.6. The second-order valence-electron chi connectivity index (χ2n) is 10.0. The van der Waals surface area contributed by atoms with Crippen LogP contribution in [0.15, 0.2) is 102 Å². The van der Waals surface area contributed by atoms with E-state index in [0.29, 0.717) is 48.0 Å². The first-order valence-corrected chi connectivity index (χ1v) is 13.8. The molecule has 0 aliphatic carbocycles. The molecule has 0 saturated carbocycles. The minimum absolute atomic E-state index is 0.216. The van der Waals surface area contributed by atoms with Gasteiger partial charge in [-0.1, -0.05) is 60.7 Å². The minimum Gasteiger partial charge on any atom is -0.497 e. The number of aryl methyl sites for hydroxylation is 2. The fourth-order valence-electron chi connectivity index (χ4n) is 5.08. The largest absolute Gasteiger partial charge is 0.497 e. The lowest BCUT2D eigenvalue weighted by atomic mass is 9.94. The molecule has 214 valence electrons. The summed E-state index contributed by atoms with van der Waals surface area (Å²) in [6.07, 6.45) is 0.888. The molecule has 1 aromatic heterocycles. The Kier molecular flexibility index (Phi) is 8.97. The molecule has 5 rings (SSSR count). The van der Waals surface area contributed by atoms with Crippen molar-refractivity contribution in [1.29, 1.82) is 0 Å². The van der Waals surface area contributed by atoms with Gasteiger partial charge in [0.25, 0.3) is 5.56 Å². The highest BCUT2D eigenvalue weighted by molar-refractivity contribution is 5.75. The molecule has 0 spiro atoms. The third kappa shape index (κ3) is 6.69. The number of nitrogens with zero attached hydrogens (tertiary/aromatic N) is 2. The van der Waals surface area contributed by atoms with Gasteiger partial charge >= 0.3 is 0 Å². The van der Waals surface area contributed by atoms with Crippen LogP contribution in [0, 0.1) is 12.7 Å². The molecule has 0 amide bonds. The van der Waals surface area contributed by atoms with Crippen LogP contribution in [-0.2, 0) is 26.0 Å². The molecule has 0 fully saturated rings. The van der Waals surface area contributed by atoms with Crippen LogP contribution in [0.5, 0.6) is 17.2 Å². The number of ether oxygens (including phenoxy) is 3. The van der Waals surface area contributed by atoms with E-state index in [9.17, 15) is 9.18 Å². The van der Waals surface area contributed by atoms with Crippen LogP contribution in [0.25, 0.3) is 11.1 Å². The van der Waals surface area contributed by atoms with Crippen molar-refractivity contribution in [1.82, 2.24) is 9.78 Å². The predicted molar refractivity (Wildman–Crippen MR) is 162 cm³/mol. The lowest BCUT2D eigenvalue weighted by Crippen LogP contribution is -2.29. The number of rotatable bonds is 11. The Balaban J connectivity index is 1.58. The fourth-order valence-corrected chi connectivity index (χ4v) is 5.08. The molecule has 0 bridgehead atoms. The Hall–Kier alpha value is -4.91. The van der Waals surface area contributed by atoms with Gasteiger partial charge in [-0.2, -0.15) is 5.10 Å². The van der Waals surface area contributed by atoms with Crippen molar-refractivity contribution < 1.29 is 18.6 Å². The van der Waals surface area contributed by atoms with Crippen molar-refractivity contribution in [3.8, 4) is 28.4 Å². The molecule has 0 aliphatic rings. The first-order valence-electron chi connectivity index (χ1n) is 13.8. The van der Waals surface area contributed by atoms with Crippen LogP contribution in [0.1, 0.15) is 27.9 Å². The summed E-state index contributed by atoms with van der Waals surface area (Å²) in [4.78, 5) is 14.1. The van der Waals surface area contributed by atoms with Crippen LogP contribution < -0.4 is 19.8 Å². The molecule has 0 saturated heterocycles. The van der Waals surface area contributed by atoms with Gasteiger partial charge in [-0.05, 0) is 66.8 Å². The van der Waals surface area contributed by atoms with Crippen molar-refractivity contribution in [3.63, 3.8) is 0 Å². The Bertz CT molecular complexity index is 1710. The monoisotopic (exact) mass is 564 g/mol. The van der Waals surface area contributed by atoms with Crippen molar-refractivity contribution in [2.24, 2.45) is 0 Å². The highest BCUT2D eigenvalue weighted by Crippen LogP contribution is 2.34. The second-order valence-corrected chi connectivity index (χ2v) is 10.0. The third-order valence-corrected chi connectivity index (χ3v) is 7.12. The second kappa shape index (κ2) is 13.2. The highest BCUT2D eigenvalue weighted by Gasteiger charge is 2.20. The summed E-state index contributed by atoms with van der Waals surface area (Å²) >= 11 is 0. The molecule has 0 radical (unpaired) electrons. The van der Waals surface area contributed by atoms with Crippen molar-refractivity contribution >= 4 is 0 Å². The molecule has 6 nitrogen and oxygen atoms in total. The maximum atomic E-state index is 14.1. The van der Waals surface area contributed by atoms with Crippen molar-refractivity contribution in [3.05, 3.63) is 141 Å². The Labute approximate surface area is 244 Å². The highest BCUT2D eigenvalue weighted by atomic mass is 19.1. The number of para-hydroxylation sites is 1. The SMILES string of the molecule is COc1cc(Cn2nc(C)c(-c3ccccc3OCc3ccccc3)c(CCc3cccc(F)c3)c2=O)cc(OC)c1. The number of methoxy groups -OCH3 is 2. The van der Waals surface area contributed by atoms with Crippen LogP contribution in [-0.4, -0.2) is 24.0 Å². The van der Waals surface area contributed by atoms with Crippen LogP contribution >= 0.6 is 0 Å². The lowest BCUT2D eigenvalue weighted by Gasteiger charge is -2.18. The average Bonchev–Trinajstić information content (AvgIpc) is 3.01. The fraction of sp³-hybridized carbons (Fsp3) is 0.200. The summed E-state index contributed by atoms with van der Waals surface area (Å²) in [5.41, 5.74) is 5.26. The van der Waals surface area contributed by atoms with Gasteiger partial charge in [0.2, 0.25) is 0 Å². The first kappa shape index (κ1) is 28.6. The molecule has 0 unspecified atom stereocenters. The molecular weight excluding hydrogens is 531 g/mol. The summed E-state index contributed by atoms with van der Waals surface area (Å²) < 4.78 is 32.6. The van der Waals surface area contributed by atoms with E-state index in [0.717, 1.165) is 27.8 Å². The van der Waals surface area contributed by atoms with E-state index < -0.39 is 0 Å². The van der Waals surface area contributed by atoms with E-state index in [1.807, 2.05) is 79.7 Å². The smallest absolute Gasteiger partial charge is 0.270 e. The number of aromatic nitrogens is 2. The number of halogens is 1. The van der Waals surface area contributed by atoms with E-state index in [1.165, 1.54) is 16.8 Å². The quantitative estimate of drug-likeness (QED) is 0.177. The Morgan fingerprint density at radius 3 is 2.17 bits per heavy atom. The van der Waals surface area contributed by atoms with E-state index in [4.69, 9.17) is 19.3 Å². The molecule has 4 aromatic carbocycles. The molecule has 5 aromatic rings. The zero-order valence-corrected chi connectivity index (χ0v) is 24.0. The van der Waals surface area contributed by atoms with Crippen LogP contribution in [0.2, 0.25) is 0 Å². The zero-order chi connectivity index (χ0) is 29.5. The molecular formula is C35H33FN2O4. The van der Waals surface area contributed by atoms with Gasteiger partial charge in [-0.15, -0.1) is 0 Å². The predicted octanol–water partition coefficient (Wildman–Crippen LogP) is 6.79. The van der Waals surface area contributed by atoms with Crippen molar-refractivity contribution in [2.45, 2.75) is 32.9 Å². The Morgan fingerprint density at radius 1 is 0.762 bits per heavy atom. The summed E-state index contributed by atoms with van der Waals surface area (Å²) in [5, 5.41) is 4.75. The molecule has 7 heteroatoms. The summed E-state index contributed by atoms with van der Waals surface area (Å²) in [7, 11) is 3.17. The zero-order valence-electron chi connectivity index (χ0n) is 24.0. The van der Waals surface area contributed by atoms with Gasteiger partial charge in [0.15, 0.2) is 0 Å². The molecule has 0 atom stereocenters. The van der Waals surface area contributed by atoms with Crippen LogP contribution in [0.4, 0.5) is 4.39 Å².